The number of hydrogen-bond donors (Lipinski definition) is 0. The van der Waals surface area contributed by atoms with Crippen LogP contribution in [0, 0.1) is 6.92 Å². The Bertz CT molecular complexity index is 1130. The SMILES string of the molecule is CCc1ccc2c(c1)sc(=NC(=O)Cc1ccc(OC)c(C)c1)n2CC(=O)OC. The van der Waals surface area contributed by atoms with Gasteiger partial charge in [-0.3, -0.25) is 9.59 Å². The Morgan fingerprint density at radius 2 is 1.86 bits per heavy atom. The molecule has 0 radical (unpaired) electrons. The third kappa shape index (κ3) is 4.74. The molecule has 1 aromatic heterocycles. The molecule has 0 N–H and O–H groups in total. The zero-order valence-corrected chi connectivity index (χ0v) is 17.8. The molecule has 1 heterocycles. The number of ether oxygens (including phenoxy) is 2. The van der Waals surface area contributed by atoms with Gasteiger partial charge in [0.05, 0.1) is 30.9 Å². The van der Waals surface area contributed by atoms with Crippen LogP contribution in [0.1, 0.15) is 23.6 Å². The lowest BCUT2D eigenvalue weighted by molar-refractivity contribution is -0.141. The Labute approximate surface area is 173 Å². The maximum atomic E-state index is 12.6. The first-order chi connectivity index (χ1) is 13.9. The number of benzene rings is 2. The summed E-state index contributed by atoms with van der Waals surface area (Å²) in [4.78, 5) is 29.3. The molecular weight excluding hydrogens is 388 g/mol. The second-order valence-electron chi connectivity index (χ2n) is 6.69. The number of aryl methyl sites for hydroxylation is 2. The molecule has 6 nitrogen and oxygen atoms in total. The minimum atomic E-state index is -0.385. The fraction of sp³-hybridized carbons (Fsp3) is 0.318. The Morgan fingerprint density at radius 1 is 1.10 bits per heavy atom. The van der Waals surface area contributed by atoms with Crippen molar-refractivity contribution in [2.24, 2.45) is 4.99 Å². The summed E-state index contributed by atoms with van der Waals surface area (Å²) in [5, 5.41) is 0. The Balaban J connectivity index is 1.98. The summed E-state index contributed by atoms with van der Waals surface area (Å²) in [6, 6.07) is 11.7. The van der Waals surface area contributed by atoms with Gasteiger partial charge in [-0.15, -0.1) is 0 Å². The quantitative estimate of drug-likeness (QED) is 0.582. The fourth-order valence-electron chi connectivity index (χ4n) is 3.14. The topological polar surface area (TPSA) is 69.9 Å². The van der Waals surface area contributed by atoms with Gasteiger partial charge in [0.15, 0.2) is 4.80 Å². The second kappa shape index (κ2) is 9.05. The van der Waals surface area contributed by atoms with Crippen molar-refractivity contribution >= 4 is 33.4 Å². The molecule has 3 aromatic rings. The monoisotopic (exact) mass is 412 g/mol. The van der Waals surface area contributed by atoms with Gasteiger partial charge in [-0.1, -0.05) is 36.5 Å². The molecule has 3 rings (SSSR count). The summed E-state index contributed by atoms with van der Waals surface area (Å²) in [7, 11) is 2.97. The van der Waals surface area contributed by atoms with E-state index in [0.29, 0.717) is 4.80 Å². The van der Waals surface area contributed by atoms with Gasteiger partial charge in [-0.2, -0.15) is 4.99 Å². The molecule has 0 saturated carbocycles. The highest BCUT2D eigenvalue weighted by molar-refractivity contribution is 7.16. The molecule has 152 valence electrons. The van der Waals surface area contributed by atoms with Crippen LogP contribution in [0.4, 0.5) is 0 Å². The van der Waals surface area contributed by atoms with Crippen LogP contribution in [0.2, 0.25) is 0 Å². The summed E-state index contributed by atoms with van der Waals surface area (Å²) in [5.74, 6) is 0.129. The van der Waals surface area contributed by atoms with Gasteiger partial charge >= 0.3 is 5.97 Å². The first kappa shape index (κ1) is 20.8. The second-order valence-corrected chi connectivity index (χ2v) is 7.70. The van der Waals surface area contributed by atoms with Crippen LogP contribution < -0.4 is 9.54 Å². The zero-order chi connectivity index (χ0) is 21.0. The molecule has 0 aliphatic rings. The van der Waals surface area contributed by atoms with Crippen molar-refractivity contribution in [2.45, 2.75) is 33.2 Å². The van der Waals surface area contributed by atoms with Gasteiger partial charge in [0.1, 0.15) is 12.3 Å². The number of hydrogen-bond acceptors (Lipinski definition) is 5. The van der Waals surface area contributed by atoms with Crippen LogP contribution in [0.25, 0.3) is 10.2 Å². The highest BCUT2D eigenvalue weighted by Gasteiger charge is 2.13. The number of nitrogens with zero attached hydrogens (tertiary/aromatic N) is 2. The van der Waals surface area contributed by atoms with E-state index in [1.807, 2.05) is 37.3 Å². The maximum Gasteiger partial charge on any atom is 0.325 e. The minimum absolute atomic E-state index is 0.00965. The number of rotatable bonds is 6. The number of methoxy groups -OCH3 is 2. The van der Waals surface area contributed by atoms with E-state index < -0.39 is 0 Å². The smallest absolute Gasteiger partial charge is 0.325 e. The normalized spacial score (nSPS) is 11.7. The van der Waals surface area contributed by atoms with E-state index in [0.717, 1.165) is 33.5 Å². The number of carbonyl (C=O) groups excluding carboxylic acids is 2. The van der Waals surface area contributed by atoms with Crippen molar-refractivity contribution < 1.29 is 19.1 Å². The van der Waals surface area contributed by atoms with E-state index in [1.165, 1.54) is 24.0 Å². The lowest BCUT2D eigenvalue weighted by atomic mass is 10.1. The van der Waals surface area contributed by atoms with Gasteiger partial charge in [0.2, 0.25) is 0 Å². The van der Waals surface area contributed by atoms with E-state index in [4.69, 9.17) is 9.47 Å². The summed E-state index contributed by atoms with van der Waals surface area (Å²) < 4.78 is 12.8. The molecule has 0 unspecified atom stereocenters. The van der Waals surface area contributed by atoms with Crippen molar-refractivity contribution in [3.05, 3.63) is 57.9 Å². The van der Waals surface area contributed by atoms with Crippen molar-refractivity contribution in [1.29, 1.82) is 0 Å². The van der Waals surface area contributed by atoms with E-state index in [-0.39, 0.29) is 24.8 Å². The zero-order valence-electron chi connectivity index (χ0n) is 17.0. The van der Waals surface area contributed by atoms with Crippen LogP contribution in [-0.2, 0) is 33.7 Å². The number of thiazole rings is 1. The molecule has 1 amide bonds. The summed E-state index contributed by atoms with van der Waals surface area (Å²) >= 11 is 1.40. The Morgan fingerprint density at radius 3 is 2.52 bits per heavy atom. The molecule has 0 saturated heterocycles. The van der Waals surface area contributed by atoms with Crippen LogP contribution in [0.3, 0.4) is 0 Å². The molecule has 0 bridgehead atoms. The van der Waals surface area contributed by atoms with Crippen molar-refractivity contribution in [3.63, 3.8) is 0 Å². The molecule has 0 fully saturated rings. The van der Waals surface area contributed by atoms with Gasteiger partial charge in [0, 0.05) is 0 Å². The Hall–Kier alpha value is -2.93. The highest BCUT2D eigenvalue weighted by Crippen LogP contribution is 2.21. The lowest BCUT2D eigenvalue weighted by Crippen LogP contribution is -2.22. The van der Waals surface area contributed by atoms with Crippen LogP contribution in [-0.4, -0.2) is 30.7 Å². The Kier molecular flexibility index (Phi) is 6.49. The fourth-order valence-corrected chi connectivity index (χ4v) is 4.25. The molecule has 29 heavy (non-hydrogen) atoms. The van der Waals surface area contributed by atoms with Crippen molar-refractivity contribution in [2.75, 3.05) is 14.2 Å². The molecule has 0 atom stereocenters. The first-order valence-electron chi connectivity index (χ1n) is 9.35. The summed E-state index contributed by atoms with van der Waals surface area (Å²) in [6.45, 7) is 4.03. The number of carbonyl (C=O) groups is 2. The van der Waals surface area contributed by atoms with Gasteiger partial charge in [-0.05, 0) is 48.2 Å². The van der Waals surface area contributed by atoms with Gasteiger partial charge in [0.25, 0.3) is 5.91 Å². The average Bonchev–Trinajstić information content (AvgIpc) is 3.03. The number of aromatic nitrogens is 1. The number of fused-ring (bicyclic) bond motifs is 1. The van der Waals surface area contributed by atoms with Crippen molar-refractivity contribution in [3.8, 4) is 5.75 Å². The van der Waals surface area contributed by atoms with Gasteiger partial charge in [-0.25, -0.2) is 0 Å². The minimum Gasteiger partial charge on any atom is -0.496 e. The predicted molar refractivity (Wildman–Crippen MR) is 113 cm³/mol. The molecule has 0 aliphatic heterocycles. The average molecular weight is 413 g/mol. The van der Waals surface area contributed by atoms with E-state index in [9.17, 15) is 9.59 Å². The molecule has 0 aliphatic carbocycles. The standard InChI is InChI=1S/C22H24N2O4S/c1-5-15-6-8-17-19(11-15)29-22(24(17)13-21(26)28-4)23-20(25)12-16-7-9-18(27-3)14(2)10-16/h6-11H,5,12-13H2,1-4H3. The van der Waals surface area contributed by atoms with E-state index in [1.54, 1.807) is 11.7 Å². The summed E-state index contributed by atoms with van der Waals surface area (Å²) in [6.07, 6.45) is 1.09. The van der Waals surface area contributed by atoms with Crippen LogP contribution in [0.15, 0.2) is 41.4 Å². The lowest BCUT2D eigenvalue weighted by Gasteiger charge is -2.06. The number of esters is 1. The van der Waals surface area contributed by atoms with Crippen LogP contribution in [0.5, 0.6) is 5.75 Å². The number of amides is 1. The van der Waals surface area contributed by atoms with Crippen molar-refractivity contribution in [1.82, 2.24) is 4.57 Å². The third-order valence-electron chi connectivity index (χ3n) is 4.71. The first-order valence-corrected chi connectivity index (χ1v) is 10.2. The van der Waals surface area contributed by atoms with E-state index in [2.05, 4.69) is 18.0 Å². The third-order valence-corrected chi connectivity index (χ3v) is 5.75. The highest BCUT2D eigenvalue weighted by atomic mass is 32.1. The maximum absolute atomic E-state index is 12.6. The molecule has 7 heteroatoms. The van der Waals surface area contributed by atoms with Crippen LogP contribution >= 0.6 is 11.3 Å². The largest absolute Gasteiger partial charge is 0.496 e. The van der Waals surface area contributed by atoms with Gasteiger partial charge < -0.3 is 14.0 Å². The molecular formula is C22H24N2O4S. The molecule has 2 aromatic carbocycles. The molecule has 0 spiro atoms. The predicted octanol–water partition coefficient (Wildman–Crippen LogP) is 3.43. The van der Waals surface area contributed by atoms with E-state index >= 15 is 0 Å². The summed E-state index contributed by atoms with van der Waals surface area (Å²) in [5.41, 5.74) is 3.89.